The van der Waals surface area contributed by atoms with Gasteiger partial charge in [0, 0.05) is 83.8 Å². The van der Waals surface area contributed by atoms with Gasteiger partial charge in [0.05, 0.1) is 34.6 Å². The van der Waals surface area contributed by atoms with Crippen LogP contribution in [0.5, 0.6) is 0 Å². The molecular weight excluding hydrogens is 782 g/mol. The van der Waals surface area contributed by atoms with Gasteiger partial charge in [-0.3, -0.25) is 19.6 Å². The monoisotopic (exact) mass is 823 g/mol. The van der Waals surface area contributed by atoms with Crippen LogP contribution in [-0.4, -0.2) is 66.4 Å². The third-order valence-electron chi connectivity index (χ3n) is 8.33. The first kappa shape index (κ1) is 45.3. The van der Waals surface area contributed by atoms with Crippen LogP contribution in [0.4, 0.5) is 27.3 Å². The van der Waals surface area contributed by atoms with Gasteiger partial charge in [-0.1, -0.05) is 0 Å². The van der Waals surface area contributed by atoms with Crippen molar-refractivity contribution in [2.75, 3.05) is 42.8 Å². The number of Topliss-reactive ketones (excluding diaryl/α,β-unsaturated/α-hetero) is 1. The van der Waals surface area contributed by atoms with Crippen LogP contribution in [0.15, 0.2) is 113 Å². The van der Waals surface area contributed by atoms with Crippen LogP contribution in [-0.2, 0) is 20.0 Å². The van der Waals surface area contributed by atoms with Crippen LogP contribution in [0.3, 0.4) is 0 Å². The number of ketones is 1. The maximum Gasteiger partial charge on any atom is 0.250 e. The van der Waals surface area contributed by atoms with Gasteiger partial charge in [0.2, 0.25) is 11.4 Å². The molecule has 0 atom stereocenters. The Balaban J connectivity index is 0.000000227. The number of nitrogens with one attached hydrogen (secondary N) is 3. The van der Waals surface area contributed by atoms with Gasteiger partial charge in [-0.05, 0) is 61.0 Å². The Hall–Kier alpha value is -8.42. The van der Waals surface area contributed by atoms with Gasteiger partial charge in [0.25, 0.3) is 0 Å². The van der Waals surface area contributed by atoms with Crippen molar-refractivity contribution in [2.24, 2.45) is 12.8 Å². The number of anilines is 4. The Morgan fingerprint density at radius 1 is 0.770 bits per heavy atom. The number of carbonyl (C=O) groups excluding carboxylic acids is 1. The molecule has 19 heteroatoms. The summed E-state index contributed by atoms with van der Waals surface area (Å²) < 4.78 is 19.1. The molecule has 7 aromatic heterocycles. The SMILES string of the molecule is CNc1cccnc1C#N.CNc1cccnc1CCC(=O)c1nc(-c2ccc(=O)n(C)c2)c(-c2ncco2)nc1N.CNc1cccnc1CN.N#Cc1ncccc1F. The smallest absolute Gasteiger partial charge is 0.250 e. The van der Waals surface area contributed by atoms with Gasteiger partial charge >= 0.3 is 0 Å². The summed E-state index contributed by atoms with van der Waals surface area (Å²) in [7, 11) is 7.04. The molecule has 7 rings (SSSR count). The van der Waals surface area contributed by atoms with E-state index in [1.807, 2.05) is 43.4 Å². The van der Waals surface area contributed by atoms with Gasteiger partial charge in [-0.25, -0.2) is 29.3 Å². The normalized spacial score (nSPS) is 9.84. The van der Waals surface area contributed by atoms with Crippen molar-refractivity contribution in [3.8, 4) is 35.0 Å². The van der Waals surface area contributed by atoms with Crippen molar-refractivity contribution in [2.45, 2.75) is 19.4 Å². The summed E-state index contributed by atoms with van der Waals surface area (Å²) in [5.41, 5.74) is 17.2. The lowest BCUT2D eigenvalue weighted by Gasteiger charge is -2.12. The van der Waals surface area contributed by atoms with E-state index in [0.717, 1.165) is 28.5 Å². The summed E-state index contributed by atoms with van der Waals surface area (Å²) in [5.74, 6) is -0.654. The fourth-order valence-electron chi connectivity index (χ4n) is 5.29. The molecule has 0 aliphatic carbocycles. The molecule has 18 nitrogen and oxygen atoms in total. The third kappa shape index (κ3) is 12.5. The second-order valence-corrected chi connectivity index (χ2v) is 12.2. The van der Waals surface area contributed by atoms with E-state index < -0.39 is 5.82 Å². The largest absolute Gasteiger partial charge is 0.443 e. The number of nitrogens with zero attached hydrogens (tertiary/aromatic N) is 10. The molecule has 0 saturated heterocycles. The number of aromatic nitrogens is 8. The molecule has 0 fully saturated rings. The number of hydrogen-bond acceptors (Lipinski definition) is 17. The average Bonchev–Trinajstić information content (AvgIpc) is 3.85. The van der Waals surface area contributed by atoms with Gasteiger partial charge in [0.1, 0.15) is 29.8 Å². The molecule has 0 aliphatic rings. The van der Waals surface area contributed by atoms with E-state index in [1.165, 1.54) is 41.4 Å². The van der Waals surface area contributed by atoms with Crippen LogP contribution in [0.1, 0.15) is 39.7 Å². The molecule has 0 aliphatic heterocycles. The average molecular weight is 824 g/mol. The molecule has 0 amide bonds. The van der Waals surface area contributed by atoms with Crippen molar-refractivity contribution >= 4 is 28.7 Å². The van der Waals surface area contributed by atoms with Crippen LogP contribution >= 0.6 is 0 Å². The highest BCUT2D eigenvalue weighted by Gasteiger charge is 2.22. The minimum absolute atomic E-state index is 0.0216. The predicted molar refractivity (Wildman–Crippen MR) is 228 cm³/mol. The number of aryl methyl sites for hydroxylation is 2. The third-order valence-corrected chi connectivity index (χ3v) is 8.33. The minimum atomic E-state index is -0.569. The first-order chi connectivity index (χ1) is 29.6. The highest BCUT2D eigenvalue weighted by atomic mass is 19.1. The first-order valence-electron chi connectivity index (χ1n) is 18.3. The minimum Gasteiger partial charge on any atom is -0.443 e. The van der Waals surface area contributed by atoms with Crippen molar-refractivity contribution in [1.29, 1.82) is 10.5 Å². The number of pyridine rings is 5. The molecule has 7 aromatic rings. The molecule has 0 bridgehead atoms. The summed E-state index contributed by atoms with van der Waals surface area (Å²) >= 11 is 0. The number of rotatable bonds is 10. The second kappa shape index (κ2) is 23.1. The lowest BCUT2D eigenvalue weighted by atomic mass is 10.1. The zero-order valence-electron chi connectivity index (χ0n) is 33.7. The predicted octanol–water partition coefficient (Wildman–Crippen LogP) is 5.00. The fourth-order valence-corrected chi connectivity index (χ4v) is 5.29. The number of nitrogen functional groups attached to an aromatic ring is 1. The van der Waals surface area contributed by atoms with Crippen molar-refractivity contribution in [3.63, 3.8) is 0 Å². The lowest BCUT2D eigenvalue weighted by molar-refractivity contribution is 0.0978. The van der Waals surface area contributed by atoms with E-state index >= 15 is 0 Å². The van der Waals surface area contributed by atoms with E-state index in [0.29, 0.717) is 29.9 Å². The quantitative estimate of drug-likeness (QED) is 0.113. The van der Waals surface area contributed by atoms with E-state index in [1.54, 1.807) is 64.1 Å². The Morgan fingerprint density at radius 3 is 1.89 bits per heavy atom. The zero-order chi connectivity index (χ0) is 44.1. The molecule has 0 unspecified atom stereocenters. The second-order valence-electron chi connectivity index (χ2n) is 12.2. The standard InChI is InChI=1S/C22H21N7O3.C7H11N3.C7H7N3.C6H3FN2/c1-24-14-4-3-9-25-15(14)6-7-16(30)19-21(23)28-20(22-26-10-11-32-22)18(27-19)13-5-8-17(31)29(2)12-13;2*1-9-6-3-2-4-10-7(6)5-8;7-5-2-1-3-9-6(5)4-8/h3-5,8-12,24H,6-7H2,1-2H3,(H2,23,28);2-4,9H,5,8H2,1H3;2-4,9H,1H3;1-3H. The maximum absolute atomic E-state index is 13.0. The van der Waals surface area contributed by atoms with E-state index in [-0.39, 0.29) is 46.6 Å². The van der Waals surface area contributed by atoms with Crippen LogP contribution in [0, 0.1) is 28.5 Å². The molecule has 0 saturated carbocycles. The Labute approximate surface area is 350 Å². The van der Waals surface area contributed by atoms with E-state index in [9.17, 15) is 14.0 Å². The van der Waals surface area contributed by atoms with Crippen molar-refractivity contribution < 1.29 is 13.6 Å². The highest BCUT2D eigenvalue weighted by Crippen LogP contribution is 2.30. The summed E-state index contributed by atoms with van der Waals surface area (Å²) in [5, 5.41) is 25.6. The number of hydrogen-bond donors (Lipinski definition) is 5. The van der Waals surface area contributed by atoms with Crippen molar-refractivity contribution in [1.82, 2.24) is 39.5 Å². The van der Waals surface area contributed by atoms with E-state index in [4.69, 9.17) is 26.4 Å². The molecule has 0 spiro atoms. The molecule has 310 valence electrons. The summed E-state index contributed by atoms with van der Waals surface area (Å²) in [4.78, 5) is 53.6. The molecular formula is C42H42FN15O3. The number of nitriles is 2. The number of oxazole rings is 1. The summed E-state index contributed by atoms with van der Waals surface area (Å²) in [6, 6.07) is 20.4. The first-order valence-corrected chi connectivity index (χ1v) is 18.3. The molecule has 0 aromatic carbocycles. The topological polar surface area (TPSA) is 278 Å². The van der Waals surface area contributed by atoms with E-state index in [2.05, 4.69) is 50.8 Å². The zero-order valence-corrected chi connectivity index (χ0v) is 33.7. The van der Waals surface area contributed by atoms with Gasteiger partial charge in [-0.15, -0.1) is 0 Å². The van der Waals surface area contributed by atoms with Crippen LogP contribution < -0.4 is 33.0 Å². The molecule has 7 heterocycles. The van der Waals surface area contributed by atoms with Crippen molar-refractivity contribution in [3.05, 3.63) is 149 Å². The highest BCUT2D eigenvalue weighted by molar-refractivity contribution is 5.99. The molecule has 61 heavy (non-hydrogen) atoms. The number of carbonyl (C=O) groups is 1. The summed E-state index contributed by atoms with van der Waals surface area (Å²) in [6.45, 7) is 0.483. The van der Waals surface area contributed by atoms with Crippen LogP contribution in [0.2, 0.25) is 0 Å². The Kier molecular flexibility index (Phi) is 17.1. The molecule has 0 radical (unpaired) electrons. The van der Waals surface area contributed by atoms with Gasteiger partial charge in [0.15, 0.2) is 34.5 Å². The Morgan fingerprint density at radius 2 is 1.36 bits per heavy atom. The number of nitrogens with two attached hydrogens (primary N) is 2. The number of halogens is 1. The van der Waals surface area contributed by atoms with Gasteiger partial charge in [-0.2, -0.15) is 10.5 Å². The van der Waals surface area contributed by atoms with Crippen LogP contribution in [0.25, 0.3) is 22.8 Å². The Bertz CT molecular complexity index is 2650. The fraction of sp³-hybridized carbons (Fsp3) is 0.167. The van der Waals surface area contributed by atoms with Gasteiger partial charge < -0.3 is 36.4 Å². The summed E-state index contributed by atoms with van der Waals surface area (Å²) in [6.07, 6.45) is 11.4. The molecule has 7 N–H and O–H groups in total. The maximum atomic E-state index is 13.0. The lowest BCUT2D eigenvalue weighted by Crippen LogP contribution is -2.15.